The molecule has 1 atom stereocenters. The summed E-state index contributed by atoms with van der Waals surface area (Å²) in [4.78, 5) is 0. The smallest absolute Gasteiger partial charge is 0.137 e. The molecule has 1 unspecified atom stereocenters. The van der Waals surface area contributed by atoms with Crippen molar-refractivity contribution >= 4 is 17.3 Å². The molecular weight excluding hydrogens is 222 g/mol. The van der Waals surface area contributed by atoms with Gasteiger partial charge in [0.15, 0.2) is 0 Å². The van der Waals surface area contributed by atoms with Crippen LogP contribution in [0.15, 0.2) is 30.9 Å². The van der Waals surface area contributed by atoms with E-state index in [1.807, 2.05) is 24.3 Å². The first-order chi connectivity index (χ1) is 7.67. The highest BCUT2D eigenvalue weighted by Crippen LogP contribution is 2.27. The van der Waals surface area contributed by atoms with E-state index in [0.717, 1.165) is 18.5 Å². The van der Waals surface area contributed by atoms with E-state index in [1.165, 1.54) is 0 Å². The van der Waals surface area contributed by atoms with Crippen molar-refractivity contribution in [3.63, 3.8) is 0 Å². The predicted molar refractivity (Wildman–Crippen MR) is 70.5 cm³/mol. The van der Waals surface area contributed by atoms with E-state index in [2.05, 4.69) is 18.8 Å². The predicted octanol–water partition coefficient (Wildman–Crippen LogP) is 4.12. The van der Waals surface area contributed by atoms with Gasteiger partial charge in [-0.2, -0.15) is 0 Å². The summed E-state index contributed by atoms with van der Waals surface area (Å²) < 4.78 is 5.10. The standard InChI is InChI=1S/C13H18ClNO/c1-4-5-6-10(2)15-11-7-8-13(16-3)12(14)9-11/h4,7-10,15H,1,5-6H2,2-3H3. The summed E-state index contributed by atoms with van der Waals surface area (Å²) in [5, 5.41) is 4.01. The summed E-state index contributed by atoms with van der Waals surface area (Å²) in [6, 6.07) is 6.12. The molecule has 0 aliphatic rings. The number of hydrogen-bond acceptors (Lipinski definition) is 2. The van der Waals surface area contributed by atoms with Crippen LogP contribution in [-0.2, 0) is 0 Å². The van der Waals surface area contributed by atoms with Crippen LogP contribution in [0, 0.1) is 0 Å². The van der Waals surface area contributed by atoms with Crippen molar-refractivity contribution in [2.45, 2.75) is 25.8 Å². The minimum absolute atomic E-state index is 0.405. The minimum atomic E-state index is 0.405. The van der Waals surface area contributed by atoms with Gasteiger partial charge in [0.05, 0.1) is 12.1 Å². The maximum Gasteiger partial charge on any atom is 0.137 e. The molecule has 0 saturated carbocycles. The number of allylic oxidation sites excluding steroid dienone is 1. The zero-order valence-corrected chi connectivity index (χ0v) is 10.6. The molecule has 0 radical (unpaired) electrons. The molecule has 0 heterocycles. The molecule has 0 aromatic heterocycles. The van der Waals surface area contributed by atoms with Gasteiger partial charge in [-0.1, -0.05) is 17.7 Å². The van der Waals surface area contributed by atoms with Crippen LogP contribution in [0.5, 0.6) is 5.75 Å². The molecule has 3 heteroatoms. The first kappa shape index (κ1) is 12.9. The Morgan fingerprint density at radius 1 is 1.56 bits per heavy atom. The highest BCUT2D eigenvalue weighted by Gasteiger charge is 2.04. The fraction of sp³-hybridized carbons (Fsp3) is 0.385. The first-order valence-electron chi connectivity index (χ1n) is 5.38. The number of rotatable bonds is 6. The number of halogens is 1. The fourth-order valence-corrected chi connectivity index (χ4v) is 1.74. The first-order valence-corrected chi connectivity index (χ1v) is 5.76. The third-order valence-electron chi connectivity index (χ3n) is 2.37. The van der Waals surface area contributed by atoms with Crippen molar-refractivity contribution in [3.8, 4) is 5.75 Å². The van der Waals surface area contributed by atoms with Crippen LogP contribution >= 0.6 is 11.6 Å². The van der Waals surface area contributed by atoms with Crippen molar-refractivity contribution in [1.29, 1.82) is 0 Å². The van der Waals surface area contributed by atoms with E-state index >= 15 is 0 Å². The maximum atomic E-state index is 6.04. The largest absolute Gasteiger partial charge is 0.495 e. The Morgan fingerprint density at radius 2 is 2.31 bits per heavy atom. The lowest BCUT2D eigenvalue weighted by atomic mass is 10.1. The quantitative estimate of drug-likeness (QED) is 0.755. The Bertz CT molecular complexity index is 352. The van der Waals surface area contributed by atoms with Gasteiger partial charge >= 0.3 is 0 Å². The molecule has 0 bridgehead atoms. The number of benzene rings is 1. The molecule has 2 nitrogen and oxygen atoms in total. The normalized spacial score (nSPS) is 11.9. The van der Waals surface area contributed by atoms with E-state index in [4.69, 9.17) is 16.3 Å². The van der Waals surface area contributed by atoms with Crippen molar-refractivity contribution < 1.29 is 4.74 Å². The van der Waals surface area contributed by atoms with Gasteiger partial charge in [-0.15, -0.1) is 6.58 Å². The second kappa shape index (κ2) is 6.44. The average molecular weight is 240 g/mol. The van der Waals surface area contributed by atoms with Crippen LogP contribution in [0.3, 0.4) is 0 Å². The fourth-order valence-electron chi connectivity index (χ4n) is 1.48. The van der Waals surface area contributed by atoms with Crippen molar-refractivity contribution in [2.75, 3.05) is 12.4 Å². The zero-order valence-electron chi connectivity index (χ0n) is 9.79. The summed E-state index contributed by atoms with van der Waals surface area (Å²) in [6.45, 7) is 5.85. The van der Waals surface area contributed by atoms with E-state index < -0.39 is 0 Å². The number of hydrogen-bond donors (Lipinski definition) is 1. The van der Waals surface area contributed by atoms with Gasteiger partial charge in [0, 0.05) is 11.7 Å². The van der Waals surface area contributed by atoms with Gasteiger partial charge in [-0.25, -0.2) is 0 Å². The van der Waals surface area contributed by atoms with E-state index in [9.17, 15) is 0 Å². The molecule has 0 aliphatic carbocycles. The Balaban J connectivity index is 2.60. The molecule has 0 aliphatic heterocycles. The second-order valence-electron chi connectivity index (χ2n) is 3.76. The van der Waals surface area contributed by atoms with Gasteiger partial charge < -0.3 is 10.1 Å². The van der Waals surface area contributed by atoms with E-state index in [-0.39, 0.29) is 0 Å². The van der Waals surface area contributed by atoms with Crippen molar-refractivity contribution in [1.82, 2.24) is 0 Å². The lowest BCUT2D eigenvalue weighted by molar-refractivity contribution is 0.415. The Morgan fingerprint density at radius 3 is 2.88 bits per heavy atom. The molecule has 1 N–H and O–H groups in total. The van der Waals surface area contributed by atoms with Gasteiger partial charge in [-0.3, -0.25) is 0 Å². The molecule has 16 heavy (non-hydrogen) atoms. The van der Waals surface area contributed by atoms with Gasteiger partial charge in [0.1, 0.15) is 5.75 Å². The van der Waals surface area contributed by atoms with Gasteiger partial charge in [0.2, 0.25) is 0 Å². The summed E-state index contributed by atoms with van der Waals surface area (Å²) in [5.41, 5.74) is 1.02. The highest BCUT2D eigenvalue weighted by molar-refractivity contribution is 6.32. The van der Waals surface area contributed by atoms with Gasteiger partial charge in [0.25, 0.3) is 0 Å². The third-order valence-corrected chi connectivity index (χ3v) is 2.66. The summed E-state index contributed by atoms with van der Waals surface area (Å²) >= 11 is 6.04. The molecule has 1 aromatic rings. The highest BCUT2D eigenvalue weighted by atomic mass is 35.5. The van der Waals surface area contributed by atoms with Crippen LogP contribution in [0.1, 0.15) is 19.8 Å². The zero-order chi connectivity index (χ0) is 12.0. The molecule has 1 rings (SSSR count). The van der Waals surface area contributed by atoms with Gasteiger partial charge in [-0.05, 0) is 38.0 Å². The molecule has 0 fully saturated rings. The molecule has 88 valence electrons. The van der Waals surface area contributed by atoms with Crippen molar-refractivity contribution in [2.24, 2.45) is 0 Å². The van der Waals surface area contributed by atoms with Crippen LogP contribution in [0.4, 0.5) is 5.69 Å². The second-order valence-corrected chi connectivity index (χ2v) is 4.17. The van der Waals surface area contributed by atoms with Crippen LogP contribution < -0.4 is 10.1 Å². The number of methoxy groups -OCH3 is 1. The molecule has 0 spiro atoms. The molecule has 0 saturated heterocycles. The summed E-state index contributed by atoms with van der Waals surface area (Å²) in [5.74, 6) is 0.700. The maximum absolute atomic E-state index is 6.04. The van der Waals surface area contributed by atoms with E-state index in [0.29, 0.717) is 16.8 Å². The van der Waals surface area contributed by atoms with Crippen molar-refractivity contribution in [3.05, 3.63) is 35.9 Å². The van der Waals surface area contributed by atoms with Crippen LogP contribution in [0.25, 0.3) is 0 Å². The third kappa shape index (κ3) is 3.78. The average Bonchev–Trinajstić information content (AvgIpc) is 2.26. The number of ether oxygens (including phenoxy) is 1. The number of anilines is 1. The molecule has 1 aromatic carbocycles. The monoisotopic (exact) mass is 239 g/mol. The number of nitrogens with one attached hydrogen (secondary N) is 1. The lowest BCUT2D eigenvalue weighted by Gasteiger charge is -2.15. The lowest BCUT2D eigenvalue weighted by Crippen LogP contribution is -2.14. The Hall–Kier alpha value is -1.15. The molecular formula is C13H18ClNO. The summed E-state index contributed by atoms with van der Waals surface area (Å²) in [7, 11) is 1.61. The Kier molecular flexibility index (Phi) is 5.20. The summed E-state index contributed by atoms with van der Waals surface area (Å²) in [6.07, 6.45) is 4.00. The van der Waals surface area contributed by atoms with E-state index in [1.54, 1.807) is 7.11 Å². The topological polar surface area (TPSA) is 21.3 Å². The SMILES string of the molecule is C=CCCC(C)Nc1ccc(OC)c(Cl)c1. The Labute approximate surface area is 102 Å². The minimum Gasteiger partial charge on any atom is -0.495 e. The van der Waals surface area contributed by atoms with Crippen LogP contribution in [0.2, 0.25) is 5.02 Å². The van der Waals surface area contributed by atoms with Crippen LogP contribution in [-0.4, -0.2) is 13.2 Å². The molecule has 0 amide bonds.